The molecule has 6 rings (SSSR count). The quantitative estimate of drug-likeness (QED) is 0.250. The molecule has 1 aliphatic heterocycles. The molecule has 14 heteroatoms. The van der Waals surface area contributed by atoms with Crippen molar-refractivity contribution in [3.05, 3.63) is 97.7 Å². The fraction of sp³-hybridized carbons (Fsp3) is 0.303. The van der Waals surface area contributed by atoms with E-state index in [1.54, 1.807) is 36.1 Å². The highest BCUT2D eigenvalue weighted by Gasteiger charge is 2.23. The van der Waals surface area contributed by atoms with E-state index in [9.17, 15) is 19.5 Å². The van der Waals surface area contributed by atoms with Crippen molar-refractivity contribution in [2.24, 2.45) is 0 Å². The first kappa shape index (κ1) is 31.6. The molecule has 0 atom stereocenters. The number of hydrogen-bond acceptors (Lipinski definition) is 10. The first-order chi connectivity index (χ1) is 22.5. The molecule has 3 N–H and O–H groups in total. The summed E-state index contributed by atoms with van der Waals surface area (Å²) in [6.07, 6.45) is 4.24. The van der Waals surface area contributed by atoms with Crippen molar-refractivity contribution in [3.63, 3.8) is 0 Å². The second-order valence-electron chi connectivity index (χ2n) is 12.2. The molecule has 1 saturated heterocycles. The molecule has 5 aromatic rings. The van der Waals surface area contributed by atoms with Crippen LogP contribution >= 0.6 is 0 Å². The number of nitrogens with zero attached hydrogens (tertiary/aromatic N) is 6. The fourth-order valence-corrected chi connectivity index (χ4v) is 5.48. The van der Waals surface area contributed by atoms with Crippen molar-refractivity contribution in [1.82, 2.24) is 34.8 Å². The minimum atomic E-state index is -0.741. The van der Waals surface area contributed by atoms with Crippen LogP contribution in [0.3, 0.4) is 0 Å². The van der Waals surface area contributed by atoms with E-state index in [0.29, 0.717) is 59.8 Å². The summed E-state index contributed by atoms with van der Waals surface area (Å²) >= 11 is 0. The first-order valence-electron chi connectivity index (χ1n) is 15.0. The van der Waals surface area contributed by atoms with Crippen LogP contribution in [0.15, 0.2) is 58.5 Å². The number of pyridine rings is 2. The van der Waals surface area contributed by atoms with Gasteiger partial charge in [-0.1, -0.05) is 20.8 Å². The number of amides is 1. The van der Waals surface area contributed by atoms with Crippen molar-refractivity contribution in [2.75, 3.05) is 31.6 Å². The van der Waals surface area contributed by atoms with Crippen molar-refractivity contribution in [1.29, 1.82) is 0 Å². The highest BCUT2D eigenvalue weighted by atomic mass is 19.1. The molecule has 47 heavy (non-hydrogen) atoms. The number of carbonyl (C=O) groups excluding carboxylic acids is 1. The topological polar surface area (TPSA) is 168 Å². The molecule has 13 nitrogen and oxygen atoms in total. The van der Waals surface area contributed by atoms with E-state index in [-0.39, 0.29) is 39.5 Å². The molecule has 0 spiro atoms. The first-order valence-corrected chi connectivity index (χ1v) is 15.0. The molecular formula is C33H33FN8O5. The van der Waals surface area contributed by atoms with Crippen LogP contribution in [0.2, 0.25) is 0 Å². The Morgan fingerprint density at radius 2 is 1.87 bits per heavy atom. The van der Waals surface area contributed by atoms with Crippen LogP contribution in [-0.2, 0) is 16.8 Å². The second-order valence-corrected chi connectivity index (χ2v) is 12.2. The summed E-state index contributed by atoms with van der Waals surface area (Å²) < 4.78 is 21.6. The standard InChI is InChI=1S/C33H33FN8O5/c1-18-27(39-40-30(44)28(18)38-25-6-5-19(15-36-25)31(45)41-9-11-47-12-10-41)22-7-8-35-29(23(22)17-43)42-32(46)26-20(16-37-42)13-21(14-24(26)34)33(2,3)4/h5-8,13-16,43H,9-12,17H2,1-4H3,(H,40,44)(H,36,38,39). The van der Waals surface area contributed by atoms with Gasteiger partial charge in [0.15, 0.2) is 5.82 Å². The van der Waals surface area contributed by atoms with Crippen molar-refractivity contribution < 1.29 is 19.0 Å². The van der Waals surface area contributed by atoms with E-state index in [4.69, 9.17) is 4.74 Å². The number of anilines is 2. The molecule has 1 fully saturated rings. The molecule has 0 unspecified atom stereocenters. The lowest BCUT2D eigenvalue weighted by Gasteiger charge is -2.26. The van der Waals surface area contributed by atoms with Gasteiger partial charge in [-0.05, 0) is 48.2 Å². The lowest BCUT2D eigenvalue weighted by Crippen LogP contribution is -2.40. The Labute approximate surface area is 268 Å². The van der Waals surface area contributed by atoms with Crippen LogP contribution in [0.1, 0.15) is 47.8 Å². The SMILES string of the molecule is Cc1c(-c2ccnc(-n3ncc4cc(C(C)(C)C)cc(F)c4c3=O)c2CO)n[nH]c(=O)c1Nc1ccc(C(=O)N2CCOCC2)cn1. The van der Waals surface area contributed by atoms with Gasteiger partial charge >= 0.3 is 0 Å². The van der Waals surface area contributed by atoms with Crippen LogP contribution in [0, 0.1) is 12.7 Å². The maximum atomic E-state index is 15.3. The van der Waals surface area contributed by atoms with Gasteiger partial charge < -0.3 is 20.1 Å². The molecular weight excluding hydrogens is 607 g/mol. The normalized spacial score (nSPS) is 13.6. The van der Waals surface area contributed by atoms with Gasteiger partial charge in [0, 0.05) is 47.6 Å². The van der Waals surface area contributed by atoms with Gasteiger partial charge in [-0.15, -0.1) is 0 Å². The Morgan fingerprint density at radius 1 is 1.11 bits per heavy atom. The number of hydrogen-bond donors (Lipinski definition) is 3. The summed E-state index contributed by atoms with van der Waals surface area (Å²) in [7, 11) is 0. The van der Waals surface area contributed by atoms with E-state index in [2.05, 4.69) is 30.6 Å². The van der Waals surface area contributed by atoms with E-state index < -0.39 is 23.5 Å². The van der Waals surface area contributed by atoms with Crippen molar-refractivity contribution in [3.8, 4) is 17.1 Å². The Bertz CT molecular complexity index is 2120. The molecule has 1 amide bonds. The van der Waals surface area contributed by atoms with Crippen LogP contribution in [0.5, 0.6) is 0 Å². The van der Waals surface area contributed by atoms with E-state index in [0.717, 1.165) is 4.68 Å². The average Bonchev–Trinajstić information content (AvgIpc) is 3.06. The van der Waals surface area contributed by atoms with Gasteiger partial charge in [-0.25, -0.2) is 19.5 Å². The molecule has 1 aliphatic rings. The maximum absolute atomic E-state index is 15.3. The number of ether oxygens (including phenoxy) is 1. The second kappa shape index (κ2) is 12.5. The van der Waals surface area contributed by atoms with E-state index >= 15 is 4.39 Å². The number of nitrogens with one attached hydrogen (secondary N) is 2. The zero-order valence-corrected chi connectivity index (χ0v) is 26.3. The number of H-pyrrole nitrogens is 1. The third-order valence-electron chi connectivity index (χ3n) is 8.14. The number of halogens is 1. The van der Waals surface area contributed by atoms with E-state index in [1.165, 1.54) is 24.7 Å². The van der Waals surface area contributed by atoms with Crippen molar-refractivity contribution in [2.45, 2.75) is 39.7 Å². The molecule has 0 radical (unpaired) electrons. The number of morpholine rings is 1. The summed E-state index contributed by atoms with van der Waals surface area (Å²) in [6.45, 7) is 8.90. The third-order valence-corrected chi connectivity index (χ3v) is 8.14. The molecule has 4 aromatic heterocycles. The largest absolute Gasteiger partial charge is 0.392 e. The summed E-state index contributed by atoms with van der Waals surface area (Å²) in [5, 5.41) is 24.7. The van der Waals surface area contributed by atoms with Crippen LogP contribution in [0.4, 0.5) is 15.9 Å². The molecule has 1 aromatic carbocycles. The highest BCUT2D eigenvalue weighted by molar-refractivity contribution is 5.94. The molecule has 242 valence electrons. The zero-order chi connectivity index (χ0) is 33.5. The predicted molar refractivity (Wildman–Crippen MR) is 173 cm³/mol. The zero-order valence-electron chi connectivity index (χ0n) is 26.3. The molecule has 5 heterocycles. The Hall–Kier alpha value is -5.34. The minimum Gasteiger partial charge on any atom is -0.392 e. The van der Waals surface area contributed by atoms with Gasteiger partial charge in [0.1, 0.15) is 17.3 Å². The number of fused-ring (bicyclic) bond motifs is 1. The van der Waals surface area contributed by atoms with Crippen LogP contribution < -0.4 is 16.4 Å². The monoisotopic (exact) mass is 640 g/mol. The van der Waals surface area contributed by atoms with Crippen LogP contribution in [-0.4, -0.2) is 72.2 Å². The third kappa shape index (κ3) is 6.00. The van der Waals surface area contributed by atoms with Gasteiger partial charge in [0.25, 0.3) is 17.0 Å². The predicted octanol–water partition coefficient (Wildman–Crippen LogP) is 3.38. The smallest absolute Gasteiger partial charge is 0.288 e. The fourth-order valence-electron chi connectivity index (χ4n) is 5.48. The lowest BCUT2D eigenvalue weighted by molar-refractivity contribution is 0.0302. The summed E-state index contributed by atoms with van der Waals surface area (Å²) in [5.41, 5.74) is 0.891. The minimum absolute atomic E-state index is 0.0136. The molecule has 0 saturated carbocycles. The van der Waals surface area contributed by atoms with Gasteiger partial charge in [-0.2, -0.15) is 14.9 Å². The van der Waals surface area contributed by atoms with E-state index in [1.807, 2.05) is 20.8 Å². The van der Waals surface area contributed by atoms with Gasteiger partial charge in [0.2, 0.25) is 0 Å². The summed E-state index contributed by atoms with van der Waals surface area (Å²) in [4.78, 5) is 49.6. The van der Waals surface area contributed by atoms with Crippen LogP contribution in [0.25, 0.3) is 27.8 Å². The Balaban J connectivity index is 1.36. The van der Waals surface area contributed by atoms with Gasteiger partial charge in [0.05, 0.1) is 42.7 Å². The number of aliphatic hydroxyl groups excluding tert-OH is 1. The molecule has 0 bridgehead atoms. The Morgan fingerprint density at radius 3 is 2.55 bits per heavy atom. The number of aromatic amines is 1. The maximum Gasteiger partial charge on any atom is 0.288 e. The summed E-state index contributed by atoms with van der Waals surface area (Å²) in [6, 6.07) is 7.88. The number of benzene rings is 1. The number of carbonyl (C=O) groups is 1. The number of aliphatic hydroxyl groups is 1. The number of rotatable bonds is 6. The number of aromatic nitrogens is 6. The highest BCUT2D eigenvalue weighted by Crippen LogP contribution is 2.31. The molecule has 0 aliphatic carbocycles. The van der Waals surface area contributed by atoms with Gasteiger partial charge in [-0.3, -0.25) is 14.4 Å². The lowest BCUT2D eigenvalue weighted by atomic mass is 9.86. The summed E-state index contributed by atoms with van der Waals surface area (Å²) in [5.74, 6) is -0.540. The average molecular weight is 641 g/mol. The Kier molecular flexibility index (Phi) is 8.38. The van der Waals surface area contributed by atoms with Crippen molar-refractivity contribution >= 4 is 28.2 Å².